The van der Waals surface area contributed by atoms with Gasteiger partial charge in [-0.05, 0) is 36.8 Å². The second kappa shape index (κ2) is 9.48. The van der Waals surface area contributed by atoms with Gasteiger partial charge in [0.05, 0.1) is 22.7 Å². The third kappa shape index (κ3) is 5.03. The van der Waals surface area contributed by atoms with Crippen LogP contribution >= 0.6 is 0 Å². The van der Waals surface area contributed by atoms with Gasteiger partial charge < -0.3 is 0 Å². The Morgan fingerprint density at radius 2 is 1.78 bits per heavy atom. The van der Waals surface area contributed by atoms with E-state index in [-0.39, 0.29) is 29.2 Å². The van der Waals surface area contributed by atoms with Gasteiger partial charge in [-0.2, -0.15) is 0 Å². The first-order chi connectivity index (χ1) is 16.9. The molecule has 3 aromatic rings. The minimum Gasteiger partial charge on any atom is -0.288 e. The van der Waals surface area contributed by atoms with Crippen LogP contribution in [0.3, 0.4) is 0 Å². The van der Waals surface area contributed by atoms with Crippen molar-refractivity contribution in [3.8, 4) is 11.1 Å². The summed E-state index contributed by atoms with van der Waals surface area (Å²) in [5.74, 6) is -3.70. The number of nitrogens with zero attached hydrogens (tertiary/aromatic N) is 2. The van der Waals surface area contributed by atoms with E-state index in [0.717, 1.165) is 12.1 Å². The van der Waals surface area contributed by atoms with Crippen molar-refractivity contribution >= 4 is 37.1 Å². The van der Waals surface area contributed by atoms with Crippen LogP contribution in [0.2, 0.25) is 0 Å². The number of sulfonamides is 2. The zero-order chi connectivity index (χ0) is 26.3. The van der Waals surface area contributed by atoms with Crippen molar-refractivity contribution in [3.63, 3.8) is 0 Å². The number of carbonyl (C=O) groups excluding carboxylic acids is 1. The number of ketones is 1. The number of allylic oxidation sites excluding steroid dienone is 2. The molecule has 0 atom stereocenters. The molecular formula is C23H20F2N4O5S2. The standard InChI is InChI=1S/C23H20F2N4O5S2/c1-2-9-35(31,32)29-19-7-5-17(24)21(22(19)25)23(30)15-4-6-18-16(15)10-14(12-27-18)13-3-8-20(28-11-13)36(26,33)34/h3-5,7-8,10-12,29H,2,6,9H2,1H3,(H2,26,33,34). The molecule has 0 bridgehead atoms. The zero-order valence-corrected chi connectivity index (χ0v) is 20.5. The van der Waals surface area contributed by atoms with Gasteiger partial charge >= 0.3 is 0 Å². The molecular weight excluding hydrogens is 514 g/mol. The molecule has 0 spiro atoms. The molecule has 13 heteroatoms. The highest BCUT2D eigenvalue weighted by molar-refractivity contribution is 7.92. The van der Waals surface area contributed by atoms with E-state index in [4.69, 9.17) is 5.14 Å². The smallest absolute Gasteiger partial charge is 0.255 e. The lowest BCUT2D eigenvalue weighted by Gasteiger charge is -2.13. The molecule has 1 aromatic carbocycles. The largest absolute Gasteiger partial charge is 0.288 e. The maximum Gasteiger partial charge on any atom is 0.255 e. The molecule has 1 aliphatic rings. The van der Waals surface area contributed by atoms with E-state index in [1.54, 1.807) is 13.0 Å². The molecule has 3 N–H and O–H groups in total. The highest BCUT2D eigenvalue weighted by Gasteiger charge is 2.29. The van der Waals surface area contributed by atoms with Crippen LogP contribution in [0, 0.1) is 11.6 Å². The Hall–Kier alpha value is -3.55. The molecule has 0 saturated heterocycles. The summed E-state index contributed by atoms with van der Waals surface area (Å²) in [5, 5.41) is 4.74. The summed E-state index contributed by atoms with van der Waals surface area (Å²) in [6, 6.07) is 6.00. The van der Waals surface area contributed by atoms with E-state index >= 15 is 4.39 Å². The normalized spacial score (nSPS) is 13.3. The number of Topliss-reactive ketones (excluding diaryl/α,β-unsaturated/α-hetero) is 1. The van der Waals surface area contributed by atoms with Crippen molar-refractivity contribution in [1.29, 1.82) is 0 Å². The van der Waals surface area contributed by atoms with Crippen molar-refractivity contribution in [1.82, 2.24) is 9.97 Å². The van der Waals surface area contributed by atoms with Gasteiger partial charge in [0.2, 0.25) is 10.0 Å². The average Bonchev–Trinajstić information content (AvgIpc) is 3.24. The van der Waals surface area contributed by atoms with Crippen LogP contribution in [0.5, 0.6) is 0 Å². The van der Waals surface area contributed by atoms with E-state index < -0.39 is 48.7 Å². The van der Waals surface area contributed by atoms with Crippen molar-refractivity contribution in [2.24, 2.45) is 5.14 Å². The van der Waals surface area contributed by atoms with Crippen LogP contribution in [0.1, 0.15) is 35.0 Å². The van der Waals surface area contributed by atoms with Crippen LogP contribution in [0.25, 0.3) is 16.7 Å². The molecule has 2 heterocycles. The fourth-order valence-corrected chi connectivity index (χ4v) is 5.34. The van der Waals surface area contributed by atoms with Gasteiger partial charge in [-0.3, -0.25) is 14.5 Å². The molecule has 9 nitrogen and oxygen atoms in total. The molecule has 4 rings (SSSR count). The molecule has 0 fully saturated rings. The Balaban J connectivity index is 1.70. The van der Waals surface area contributed by atoms with Crippen molar-refractivity contribution in [2.75, 3.05) is 10.5 Å². The van der Waals surface area contributed by atoms with E-state index in [2.05, 4.69) is 14.7 Å². The van der Waals surface area contributed by atoms with Crippen molar-refractivity contribution in [3.05, 3.63) is 77.3 Å². The molecule has 188 valence electrons. The number of nitrogens with two attached hydrogens (primary N) is 1. The number of nitrogens with one attached hydrogen (secondary N) is 1. The maximum absolute atomic E-state index is 15.2. The lowest BCUT2D eigenvalue weighted by atomic mass is 9.96. The predicted molar refractivity (Wildman–Crippen MR) is 129 cm³/mol. The predicted octanol–water partition coefficient (Wildman–Crippen LogP) is 3.04. The Bertz CT molecular complexity index is 1620. The highest BCUT2D eigenvalue weighted by Crippen LogP contribution is 2.34. The molecule has 36 heavy (non-hydrogen) atoms. The summed E-state index contributed by atoms with van der Waals surface area (Å²) in [7, 11) is -7.86. The van der Waals surface area contributed by atoms with Crippen LogP contribution in [0.15, 0.2) is 53.8 Å². The van der Waals surface area contributed by atoms with E-state index in [0.29, 0.717) is 22.4 Å². The molecule has 0 saturated carbocycles. The maximum atomic E-state index is 15.2. The van der Waals surface area contributed by atoms with Gasteiger partial charge in [-0.1, -0.05) is 13.0 Å². The number of hydrogen-bond donors (Lipinski definition) is 2. The first kappa shape index (κ1) is 25.5. The minimum absolute atomic E-state index is 0.000157. The molecule has 0 aliphatic heterocycles. The second-order valence-electron chi connectivity index (χ2n) is 8.00. The van der Waals surface area contributed by atoms with Gasteiger partial charge in [0.25, 0.3) is 10.0 Å². The Labute approximate surface area is 206 Å². The topological polar surface area (TPSA) is 149 Å². The summed E-state index contributed by atoms with van der Waals surface area (Å²) in [6.07, 6.45) is 4.78. The monoisotopic (exact) mass is 534 g/mol. The first-order valence-corrected chi connectivity index (χ1v) is 13.8. The number of fused-ring (bicyclic) bond motifs is 1. The number of halogens is 2. The lowest BCUT2D eigenvalue weighted by Crippen LogP contribution is -2.18. The molecule has 0 amide bonds. The SMILES string of the molecule is CCCS(=O)(=O)Nc1ccc(F)c(C(=O)C2=CCc3ncc(-c4ccc(S(N)(=O)=O)nc4)cc32)c1F. The Morgan fingerprint density at radius 1 is 1.06 bits per heavy atom. The van der Waals surface area contributed by atoms with Crippen molar-refractivity contribution in [2.45, 2.75) is 24.8 Å². The summed E-state index contributed by atoms with van der Waals surface area (Å²) in [5.41, 5.74) is 0.363. The second-order valence-corrected chi connectivity index (χ2v) is 11.4. The van der Waals surface area contributed by atoms with Crippen LogP contribution < -0.4 is 9.86 Å². The lowest BCUT2D eigenvalue weighted by molar-refractivity contribution is 0.104. The molecule has 1 aliphatic carbocycles. The molecule has 0 unspecified atom stereocenters. The van der Waals surface area contributed by atoms with E-state index in [9.17, 15) is 26.0 Å². The number of carbonyl (C=O) groups is 1. The quantitative estimate of drug-likeness (QED) is 0.422. The molecule has 0 radical (unpaired) electrons. The third-order valence-corrected chi connectivity index (χ3v) is 7.72. The number of hydrogen-bond acceptors (Lipinski definition) is 7. The number of aromatic nitrogens is 2. The Morgan fingerprint density at radius 3 is 2.42 bits per heavy atom. The third-order valence-electron chi connectivity index (χ3n) is 5.42. The van der Waals surface area contributed by atoms with Crippen LogP contribution in [0.4, 0.5) is 14.5 Å². The summed E-state index contributed by atoms with van der Waals surface area (Å²) >= 11 is 0. The van der Waals surface area contributed by atoms with Crippen LogP contribution in [-0.4, -0.2) is 38.3 Å². The fourth-order valence-electron chi connectivity index (χ4n) is 3.75. The highest BCUT2D eigenvalue weighted by atomic mass is 32.2. The summed E-state index contributed by atoms with van der Waals surface area (Å²) < 4.78 is 78.8. The fraction of sp³-hybridized carbons (Fsp3) is 0.174. The number of pyridine rings is 2. The van der Waals surface area contributed by atoms with Gasteiger partial charge in [0, 0.05) is 41.1 Å². The zero-order valence-electron chi connectivity index (χ0n) is 18.8. The van der Waals surface area contributed by atoms with Crippen molar-refractivity contribution < 1.29 is 30.4 Å². The van der Waals surface area contributed by atoms with Crippen LogP contribution in [-0.2, 0) is 26.5 Å². The number of rotatable bonds is 8. The van der Waals surface area contributed by atoms with Gasteiger partial charge in [-0.15, -0.1) is 0 Å². The van der Waals surface area contributed by atoms with Gasteiger partial charge in [-0.25, -0.2) is 35.7 Å². The molecule has 2 aromatic heterocycles. The average molecular weight is 535 g/mol. The Kier molecular flexibility index (Phi) is 6.73. The minimum atomic E-state index is -3.98. The van der Waals surface area contributed by atoms with Gasteiger partial charge in [0.15, 0.2) is 16.6 Å². The summed E-state index contributed by atoms with van der Waals surface area (Å²) in [4.78, 5) is 21.4. The number of benzene rings is 1. The van der Waals surface area contributed by atoms with Gasteiger partial charge in [0.1, 0.15) is 5.82 Å². The first-order valence-electron chi connectivity index (χ1n) is 10.6. The van der Waals surface area contributed by atoms with E-state index in [1.807, 2.05) is 0 Å². The number of primary sulfonamides is 1. The van der Waals surface area contributed by atoms with E-state index in [1.165, 1.54) is 30.6 Å². The number of anilines is 1. The summed E-state index contributed by atoms with van der Waals surface area (Å²) in [6.45, 7) is 1.63.